The SMILES string of the molecule is O=C(Nc1ccccc1C(F)(F)F)[C@@H]1CCCN1C(=O)CCc1nc2ccccc2[nH]1. The number of imidazole rings is 1. The van der Waals surface area contributed by atoms with E-state index in [0.29, 0.717) is 31.6 Å². The minimum absolute atomic E-state index is 0.155. The minimum atomic E-state index is -4.58. The summed E-state index contributed by atoms with van der Waals surface area (Å²) in [5.74, 6) is -0.151. The number of carbonyl (C=O) groups excluding carboxylic acids is 2. The van der Waals surface area contributed by atoms with E-state index in [-0.39, 0.29) is 18.0 Å². The van der Waals surface area contributed by atoms with Gasteiger partial charge in [0.05, 0.1) is 22.3 Å². The van der Waals surface area contributed by atoms with Crippen molar-refractivity contribution in [3.05, 3.63) is 59.9 Å². The molecule has 2 aromatic carbocycles. The van der Waals surface area contributed by atoms with Gasteiger partial charge in [0.1, 0.15) is 11.9 Å². The maximum atomic E-state index is 13.2. The van der Waals surface area contributed by atoms with Crippen molar-refractivity contribution in [3.63, 3.8) is 0 Å². The number of aryl methyl sites for hydroxylation is 1. The first kappa shape index (κ1) is 20.9. The molecule has 2 N–H and O–H groups in total. The number of amides is 2. The topological polar surface area (TPSA) is 78.1 Å². The number of H-pyrrole nitrogens is 1. The second kappa shape index (κ2) is 8.41. The lowest BCUT2D eigenvalue weighted by Crippen LogP contribution is -2.43. The molecular weight excluding hydrogens is 409 g/mol. The van der Waals surface area contributed by atoms with E-state index in [4.69, 9.17) is 0 Å². The van der Waals surface area contributed by atoms with Gasteiger partial charge in [-0.1, -0.05) is 24.3 Å². The van der Waals surface area contributed by atoms with Crippen LogP contribution in [0.25, 0.3) is 11.0 Å². The molecule has 0 radical (unpaired) electrons. The van der Waals surface area contributed by atoms with E-state index in [1.54, 1.807) is 0 Å². The van der Waals surface area contributed by atoms with Crippen LogP contribution in [0.4, 0.5) is 18.9 Å². The zero-order valence-electron chi connectivity index (χ0n) is 16.6. The van der Waals surface area contributed by atoms with Crippen LogP contribution in [0.2, 0.25) is 0 Å². The Hall–Kier alpha value is -3.36. The highest BCUT2D eigenvalue weighted by Gasteiger charge is 2.37. The molecule has 2 heterocycles. The van der Waals surface area contributed by atoms with E-state index in [9.17, 15) is 22.8 Å². The van der Waals surface area contributed by atoms with E-state index >= 15 is 0 Å². The summed E-state index contributed by atoms with van der Waals surface area (Å²) in [7, 11) is 0. The lowest BCUT2D eigenvalue weighted by atomic mass is 10.1. The Kier molecular flexibility index (Phi) is 5.67. The van der Waals surface area contributed by atoms with Crippen molar-refractivity contribution >= 4 is 28.5 Å². The standard InChI is InChI=1S/C22H21F3N4O2/c23-22(24,25)14-6-1-2-7-15(14)28-21(31)18-10-5-13-29(18)20(30)12-11-19-26-16-8-3-4-9-17(16)27-19/h1-4,6-9,18H,5,10-13H2,(H,26,27)(H,28,31)/t18-/m0/s1. The summed E-state index contributed by atoms with van der Waals surface area (Å²) in [6, 6.07) is 11.6. The van der Waals surface area contributed by atoms with Gasteiger partial charge in [-0.25, -0.2) is 4.98 Å². The molecule has 1 aliphatic rings. The van der Waals surface area contributed by atoms with Crippen LogP contribution in [0.15, 0.2) is 48.5 Å². The number of halogens is 3. The Bertz CT molecular complexity index is 1080. The quantitative estimate of drug-likeness (QED) is 0.639. The van der Waals surface area contributed by atoms with Gasteiger partial charge in [-0.2, -0.15) is 13.2 Å². The molecule has 3 aromatic rings. The monoisotopic (exact) mass is 430 g/mol. The first-order chi connectivity index (χ1) is 14.8. The summed E-state index contributed by atoms with van der Waals surface area (Å²) in [6.45, 7) is 0.401. The Morgan fingerprint density at radius 3 is 2.65 bits per heavy atom. The number of fused-ring (bicyclic) bond motifs is 1. The highest BCUT2D eigenvalue weighted by molar-refractivity contribution is 5.98. The number of aromatic amines is 1. The minimum Gasteiger partial charge on any atom is -0.342 e. The Balaban J connectivity index is 1.41. The molecule has 162 valence electrons. The molecule has 1 saturated heterocycles. The predicted octanol–water partition coefficient (Wildman–Crippen LogP) is 4.14. The van der Waals surface area contributed by atoms with Gasteiger partial charge in [-0.05, 0) is 37.1 Å². The maximum Gasteiger partial charge on any atom is 0.418 e. The summed E-state index contributed by atoms with van der Waals surface area (Å²) < 4.78 is 39.6. The molecule has 9 heteroatoms. The molecule has 1 fully saturated rings. The number of aromatic nitrogens is 2. The molecule has 0 saturated carbocycles. The largest absolute Gasteiger partial charge is 0.418 e. The van der Waals surface area contributed by atoms with Gasteiger partial charge in [0, 0.05) is 19.4 Å². The molecule has 1 atom stereocenters. The number of anilines is 1. The molecule has 0 unspecified atom stereocenters. The fourth-order valence-electron chi connectivity index (χ4n) is 3.89. The van der Waals surface area contributed by atoms with Crippen LogP contribution in [0.3, 0.4) is 0 Å². The van der Waals surface area contributed by atoms with Gasteiger partial charge in [0.25, 0.3) is 0 Å². The smallest absolute Gasteiger partial charge is 0.342 e. The molecule has 1 aliphatic heterocycles. The molecule has 4 rings (SSSR count). The third-order valence-corrected chi connectivity index (χ3v) is 5.38. The molecule has 1 aromatic heterocycles. The van der Waals surface area contributed by atoms with Crippen molar-refractivity contribution in [3.8, 4) is 0 Å². The summed E-state index contributed by atoms with van der Waals surface area (Å²) in [4.78, 5) is 34.5. The van der Waals surface area contributed by atoms with Crippen molar-refractivity contribution in [2.45, 2.75) is 37.9 Å². The Morgan fingerprint density at radius 2 is 1.87 bits per heavy atom. The zero-order valence-corrected chi connectivity index (χ0v) is 16.6. The van der Waals surface area contributed by atoms with Gasteiger partial charge in [0.15, 0.2) is 0 Å². The first-order valence-electron chi connectivity index (χ1n) is 10.0. The number of para-hydroxylation sites is 3. The lowest BCUT2D eigenvalue weighted by molar-refractivity contribution is -0.138. The van der Waals surface area contributed by atoms with Gasteiger partial charge >= 0.3 is 6.18 Å². The fraction of sp³-hybridized carbons (Fsp3) is 0.318. The summed E-state index contributed by atoms with van der Waals surface area (Å²) in [5, 5.41) is 2.36. The van der Waals surface area contributed by atoms with Crippen LogP contribution >= 0.6 is 0 Å². The highest BCUT2D eigenvalue weighted by Crippen LogP contribution is 2.35. The van der Waals surface area contributed by atoms with Gasteiger partial charge < -0.3 is 15.2 Å². The third-order valence-electron chi connectivity index (χ3n) is 5.38. The fourth-order valence-corrected chi connectivity index (χ4v) is 3.89. The van der Waals surface area contributed by atoms with Crippen molar-refractivity contribution < 1.29 is 22.8 Å². The normalized spacial score (nSPS) is 16.6. The van der Waals surface area contributed by atoms with Crippen molar-refractivity contribution in [2.75, 3.05) is 11.9 Å². The van der Waals surface area contributed by atoms with Crippen LogP contribution in [-0.2, 0) is 22.2 Å². The molecule has 31 heavy (non-hydrogen) atoms. The second-order valence-electron chi connectivity index (χ2n) is 7.48. The molecular formula is C22H21F3N4O2. The second-order valence-corrected chi connectivity index (χ2v) is 7.48. The van der Waals surface area contributed by atoms with Gasteiger partial charge in [-0.3, -0.25) is 9.59 Å². The zero-order chi connectivity index (χ0) is 22.0. The van der Waals surface area contributed by atoms with Crippen molar-refractivity contribution in [2.24, 2.45) is 0 Å². The van der Waals surface area contributed by atoms with Crippen molar-refractivity contribution in [1.82, 2.24) is 14.9 Å². The number of benzene rings is 2. The molecule has 0 bridgehead atoms. The summed E-state index contributed by atoms with van der Waals surface area (Å²) in [5.41, 5.74) is 0.476. The molecule has 2 amide bonds. The highest BCUT2D eigenvalue weighted by atomic mass is 19.4. The summed E-state index contributed by atoms with van der Waals surface area (Å²) >= 11 is 0. The number of hydrogen-bond acceptors (Lipinski definition) is 3. The molecule has 0 aliphatic carbocycles. The number of nitrogens with one attached hydrogen (secondary N) is 2. The number of hydrogen-bond donors (Lipinski definition) is 2. The van der Waals surface area contributed by atoms with Crippen LogP contribution in [-0.4, -0.2) is 39.3 Å². The maximum absolute atomic E-state index is 13.2. The van der Waals surface area contributed by atoms with E-state index in [1.807, 2.05) is 24.3 Å². The van der Waals surface area contributed by atoms with E-state index < -0.39 is 23.7 Å². The number of carbonyl (C=O) groups is 2. The Labute approximate surface area is 176 Å². The number of likely N-dealkylation sites (tertiary alicyclic amines) is 1. The molecule has 0 spiro atoms. The van der Waals surface area contributed by atoms with Crippen LogP contribution in [0.5, 0.6) is 0 Å². The van der Waals surface area contributed by atoms with E-state index in [0.717, 1.165) is 17.1 Å². The number of alkyl halides is 3. The van der Waals surface area contributed by atoms with Gasteiger partial charge in [0.2, 0.25) is 11.8 Å². The Morgan fingerprint density at radius 1 is 1.13 bits per heavy atom. The first-order valence-corrected chi connectivity index (χ1v) is 10.0. The third kappa shape index (κ3) is 4.55. The average Bonchev–Trinajstić information content (AvgIpc) is 3.38. The van der Waals surface area contributed by atoms with Crippen LogP contribution < -0.4 is 5.32 Å². The predicted molar refractivity (Wildman–Crippen MR) is 109 cm³/mol. The van der Waals surface area contributed by atoms with Gasteiger partial charge in [-0.15, -0.1) is 0 Å². The lowest BCUT2D eigenvalue weighted by Gasteiger charge is -2.24. The van der Waals surface area contributed by atoms with Crippen molar-refractivity contribution in [1.29, 1.82) is 0 Å². The van der Waals surface area contributed by atoms with Crippen LogP contribution in [0, 0.1) is 0 Å². The molecule has 6 nitrogen and oxygen atoms in total. The number of nitrogens with zero attached hydrogens (tertiary/aromatic N) is 2. The van der Waals surface area contributed by atoms with Crippen LogP contribution in [0.1, 0.15) is 30.7 Å². The van der Waals surface area contributed by atoms with E-state index in [2.05, 4.69) is 15.3 Å². The average molecular weight is 430 g/mol. The van der Waals surface area contributed by atoms with E-state index in [1.165, 1.54) is 23.1 Å². The number of rotatable bonds is 5. The summed E-state index contributed by atoms with van der Waals surface area (Å²) in [6.07, 6.45) is -3.01.